The van der Waals surface area contributed by atoms with Crippen molar-refractivity contribution in [3.8, 4) is 0 Å². The van der Waals surface area contributed by atoms with Gasteiger partial charge in [-0.05, 0) is 44.4 Å². The summed E-state index contributed by atoms with van der Waals surface area (Å²) in [6.07, 6.45) is 7.09. The van der Waals surface area contributed by atoms with Gasteiger partial charge in [-0.15, -0.1) is 0 Å². The Balaban J connectivity index is 1.75. The topological polar surface area (TPSA) is 57.8 Å². The average Bonchev–Trinajstić information content (AvgIpc) is 3.09. The van der Waals surface area contributed by atoms with Crippen LogP contribution in [0, 0.1) is 5.41 Å². The first-order chi connectivity index (χ1) is 9.46. The number of carbonyl (C=O) groups is 1. The molecule has 108 valence electrons. The van der Waals surface area contributed by atoms with E-state index in [1.54, 1.807) is 6.20 Å². The van der Waals surface area contributed by atoms with E-state index in [2.05, 4.69) is 36.3 Å². The Kier molecular flexibility index (Phi) is 3.19. The molecule has 20 heavy (non-hydrogen) atoms. The summed E-state index contributed by atoms with van der Waals surface area (Å²) in [5, 5.41) is 10.1. The second-order valence-corrected chi connectivity index (χ2v) is 7.03. The molecule has 1 aromatic rings. The molecule has 2 aliphatic carbocycles. The lowest BCUT2D eigenvalue weighted by atomic mass is 9.74. The van der Waals surface area contributed by atoms with E-state index in [1.807, 2.05) is 0 Å². The number of H-pyrrole nitrogens is 1. The van der Waals surface area contributed by atoms with Crippen LogP contribution in [-0.4, -0.2) is 16.1 Å². The number of anilines is 1. The molecule has 1 saturated carbocycles. The first-order valence-corrected chi connectivity index (χ1v) is 7.49. The van der Waals surface area contributed by atoms with E-state index < -0.39 is 0 Å². The molecule has 4 nitrogen and oxygen atoms in total. The van der Waals surface area contributed by atoms with Gasteiger partial charge in [-0.2, -0.15) is 5.10 Å². The molecule has 0 radical (unpaired) electrons. The quantitative estimate of drug-likeness (QED) is 0.881. The number of nitrogens with one attached hydrogen (secondary N) is 2. The number of aromatic amines is 1. The second-order valence-electron chi connectivity index (χ2n) is 7.03. The highest BCUT2D eigenvalue weighted by Gasteiger charge is 2.30. The molecule has 0 aromatic carbocycles. The third kappa shape index (κ3) is 2.65. The Morgan fingerprint density at radius 3 is 2.85 bits per heavy atom. The minimum Gasteiger partial charge on any atom is -0.319 e. The SMILES string of the molecule is CC1=C(C(=O)Nc2cn[nH]c2C2CC2)CCC(C)(C)C1. The van der Waals surface area contributed by atoms with Crippen LogP contribution in [0.4, 0.5) is 5.69 Å². The molecule has 0 spiro atoms. The maximum absolute atomic E-state index is 12.5. The van der Waals surface area contributed by atoms with Crippen LogP contribution in [0.1, 0.15) is 64.5 Å². The van der Waals surface area contributed by atoms with Crippen molar-refractivity contribution in [1.82, 2.24) is 10.2 Å². The Labute approximate surface area is 120 Å². The molecule has 0 bridgehead atoms. The third-order valence-electron chi connectivity index (χ3n) is 4.49. The van der Waals surface area contributed by atoms with Gasteiger partial charge in [-0.1, -0.05) is 19.4 Å². The highest BCUT2D eigenvalue weighted by atomic mass is 16.1. The van der Waals surface area contributed by atoms with Gasteiger partial charge in [0.15, 0.2) is 0 Å². The van der Waals surface area contributed by atoms with Crippen molar-refractivity contribution in [1.29, 1.82) is 0 Å². The summed E-state index contributed by atoms with van der Waals surface area (Å²) in [5.74, 6) is 0.620. The van der Waals surface area contributed by atoms with Crippen molar-refractivity contribution in [3.63, 3.8) is 0 Å². The van der Waals surface area contributed by atoms with Crippen LogP contribution in [0.3, 0.4) is 0 Å². The lowest BCUT2D eigenvalue weighted by Crippen LogP contribution is -2.24. The van der Waals surface area contributed by atoms with Crippen LogP contribution in [0.25, 0.3) is 0 Å². The number of allylic oxidation sites excluding steroid dienone is 1. The fraction of sp³-hybridized carbons (Fsp3) is 0.625. The van der Waals surface area contributed by atoms with Crippen molar-refractivity contribution in [3.05, 3.63) is 23.0 Å². The fourth-order valence-electron chi connectivity index (χ4n) is 3.17. The van der Waals surface area contributed by atoms with Gasteiger partial charge in [0.25, 0.3) is 5.91 Å². The van der Waals surface area contributed by atoms with Crippen molar-refractivity contribution in [2.45, 2.75) is 58.8 Å². The number of hydrogen-bond donors (Lipinski definition) is 2. The third-order valence-corrected chi connectivity index (χ3v) is 4.49. The Hall–Kier alpha value is -1.58. The summed E-state index contributed by atoms with van der Waals surface area (Å²) >= 11 is 0. The first kappa shape index (κ1) is 13.4. The molecule has 2 aliphatic rings. The van der Waals surface area contributed by atoms with Crippen molar-refractivity contribution in [2.24, 2.45) is 5.41 Å². The Bertz CT molecular complexity index is 564. The molecule has 1 fully saturated rings. The van der Waals surface area contributed by atoms with Crippen LogP contribution in [0.2, 0.25) is 0 Å². The Morgan fingerprint density at radius 1 is 1.45 bits per heavy atom. The monoisotopic (exact) mass is 273 g/mol. The Morgan fingerprint density at radius 2 is 2.20 bits per heavy atom. The molecule has 0 atom stereocenters. The van der Waals surface area contributed by atoms with Crippen LogP contribution in [-0.2, 0) is 4.79 Å². The molecule has 3 rings (SSSR count). The van der Waals surface area contributed by atoms with Gasteiger partial charge in [0, 0.05) is 11.5 Å². The van der Waals surface area contributed by atoms with Crippen LogP contribution in [0.5, 0.6) is 0 Å². The predicted octanol–water partition coefficient (Wildman–Crippen LogP) is 3.75. The first-order valence-electron chi connectivity index (χ1n) is 7.49. The van der Waals surface area contributed by atoms with E-state index in [9.17, 15) is 4.79 Å². The largest absolute Gasteiger partial charge is 0.319 e. The van der Waals surface area contributed by atoms with Crippen molar-refractivity contribution >= 4 is 11.6 Å². The highest BCUT2D eigenvalue weighted by Crippen LogP contribution is 2.43. The standard InChI is InChI=1S/C16H23N3O/c1-10-8-16(2,3)7-6-12(10)15(20)18-13-9-17-19-14(13)11-4-5-11/h9,11H,4-8H2,1-3H3,(H,17,19)(H,18,20). The second kappa shape index (κ2) is 4.76. The van der Waals surface area contributed by atoms with Crippen LogP contribution in [0.15, 0.2) is 17.3 Å². The highest BCUT2D eigenvalue weighted by molar-refractivity contribution is 6.04. The van der Waals surface area contributed by atoms with Crippen molar-refractivity contribution in [2.75, 3.05) is 5.32 Å². The van der Waals surface area contributed by atoms with E-state index in [0.29, 0.717) is 11.3 Å². The molecule has 0 aliphatic heterocycles. The zero-order valence-corrected chi connectivity index (χ0v) is 12.5. The van der Waals surface area contributed by atoms with E-state index in [0.717, 1.165) is 36.2 Å². The van der Waals surface area contributed by atoms with Gasteiger partial charge in [-0.3, -0.25) is 9.89 Å². The predicted molar refractivity (Wildman–Crippen MR) is 79.5 cm³/mol. The molecule has 0 saturated heterocycles. The lowest BCUT2D eigenvalue weighted by Gasteiger charge is -2.31. The maximum Gasteiger partial charge on any atom is 0.251 e. The van der Waals surface area contributed by atoms with Gasteiger partial charge in [0.2, 0.25) is 0 Å². The number of rotatable bonds is 3. The van der Waals surface area contributed by atoms with Crippen LogP contribution < -0.4 is 5.32 Å². The van der Waals surface area contributed by atoms with E-state index in [1.165, 1.54) is 18.4 Å². The minimum atomic E-state index is 0.0568. The summed E-state index contributed by atoms with van der Waals surface area (Å²) in [7, 11) is 0. The van der Waals surface area contributed by atoms with Gasteiger partial charge in [0.1, 0.15) is 0 Å². The zero-order chi connectivity index (χ0) is 14.3. The van der Waals surface area contributed by atoms with E-state index in [-0.39, 0.29) is 5.91 Å². The summed E-state index contributed by atoms with van der Waals surface area (Å²) in [6.45, 7) is 6.63. The molecule has 2 N–H and O–H groups in total. The lowest BCUT2D eigenvalue weighted by molar-refractivity contribution is -0.113. The summed E-state index contributed by atoms with van der Waals surface area (Å²) in [6, 6.07) is 0. The smallest absolute Gasteiger partial charge is 0.251 e. The average molecular weight is 273 g/mol. The molecule has 0 unspecified atom stereocenters. The summed E-state index contributed by atoms with van der Waals surface area (Å²) in [5.41, 5.74) is 4.47. The molecule has 1 aromatic heterocycles. The normalized spacial score (nSPS) is 21.9. The van der Waals surface area contributed by atoms with Gasteiger partial charge >= 0.3 is 0 Å². The molecule has 1 amide bonds. The number of hydrogen-bond acceptors (Lipinski definition) is 2. The van der Waals surface area contributed by atoms with Gasteiger partial charge in [-0.25, -0.2) is 0 Å². The van der Waals surface area contributed by atoms with Crippen LogP contribution >= 0.6 is 0 Å². The molecule has 4 heteroatoms. The van der Waals surface area contributed by atoms with Gasteiger partial charge in [0.05, 0.1) is 17.6 Å². The van der Waals surface area contributed by atoms with Crippen molar-refractivity contribution < 1.29 is 4.79 Å². The summed E-state index contributed by atoms with van der Waals surface area (Å²) < 4.78 is 0. The number of nitrogens with zero attached hydrogens (tertiary/aromatic N) is 1. The molecular formula is C16H23N3O. The zero-order valence-electron chi connectivity index (χ0n) is 12.5. The molecular weight excluding hydrogens is 250 g/mol. The number of carbonyl (C=O) groups excluding carboxylic acids is 1. The maximum atomic E-state index is 12.5. The fourth-order valence-corrected chi connectivity index (χ4v) is 3.17. The van der Waals surface area contributed by atoms with E-state index >= 15 is 0 Å². The van der Waals surface area contributed by atoms with Gasteiger partial charge < -0.3 is 5.32 Å². The summed E-state index contributed by atoms with van der Waals surface area (Å²) in [4.78, 5) is 12.5. The number of amides is 1. The van der Waals surface area contributed by atoms with E-state index in [4.69, 9.17) is 0 Å². The minimum absolute atomic E-state index is 0.0568. The molecule has 1 heterocycles. The number of aromatic nitrogens is 2.